The van der Waals surface area contributed by atoms with Crippen molar-refractivity contribution in [1.29, 1.82) is 0 Å². The molecule has 1 saturated heterocycles. The molecule has 0 atom stereocenters. The number of thiol groups is 1. The van der Waals surface area contributed by atoms with Crippen molar-refractivity contribution in [1.82, 2.24) is 9.80 Å². The average Bonchev–Trinajstić information content (AvgIpc) is 2.46. The minimum Gasteiger partial charge on any atom is -0.335 e. The molecular weight excluding hydrogens is 282 g/mol. The number of carbonyl (C=O) groups excluding carboxylic acids is 2. The summed E-state index contributed by atoms with van der Waals surface area (Å²) in [7, 11) is 0. The Balaban J connectivity index is 2.07. The lowest BCUT2D eigenvalue weighted by atomic mass is 10.1. The molecule has 0 N–H and O–H groups in total. The van der Waals surface area contributed by atoms with Crippen LogP contribution < -0.4 is 0 Å². The van der Waals surface area contributed by atoms with E-state index in [4.69, 9.17) is 0 Å². The fourth-order valence-corrected chi connectivity index (χ4v) is 2.24. The number of amides is 2. The van der Waals surface area contributed by atoms with Gasteiger partial charge in [0.05, 0.1) is 4.92 Å². The van der Waals surface area contributed by atoms with Gasteiger partial charge in [-0.3, -0.25) is 19.7 Å². The molecule has 1 aliphatic rings. The van der Waals surface area contributed by atoms with Gasteiger partial charge in [-0.25, -0.2) is 0 Å². The number of piperazine rings is 1. The number of nitro groups is 1. The molecule has 1 heterocycles. The summed E-state index contributed by atoms with van der Waals surface area (Å²) in [6.07, 6.45) is 0. The molecule has 0 aromatic heterocycles. The maximum Gasteiger partial charge on any atom is 0.278 e. The van der Waals surface area contributed by atoms with Crippen LogP contribution in [0.5, 0.6) is 0 Å². The molecule has 1 aliphatic heterocycles. The van der Waals surface area contributed by atoms with Gasteiger partial charge in [0.2, 0.25) is 0 Å². The summed E-state index contributed by atoms with van der Waals surface area (Å²) in [5.41, 5.74) is 0.171. The van der Waals surface area contributed by atoms with E-state index in [1.807, 2.05) is 0 Å². The van der Waals surface area contributed by atoms with Crippen LogP contribution in [0.1, 0.15) is 10.4 Å². The SMILES string of the molecule is O=C(S)N1CCN(C(=O)c2cccc([N+](=O)[O-])c2)CC1. The number of benzene rings is 1. The van der Waals surface area contributed by atoms with Crippen molar-refractivity contribution in [2.24, 2.45) is 0 Å². The Morgan fingerprint density at radius 1 is 1.15 bits per heavy atom. The van der Waals surface area contributed by atoms with Crippen LogP contribution >= 0.6 is 12.6 Å². The number of hydrogen-bond acceptors (Lipinski definition) is 4. The van der Waals surface area contributed by atoms with Crippen molar-refractivity contribution in [3.05, 3.63) is 39.9 Å². The lowest BCUT2D eigenvalue weighted by Gasteiger charge is -2.33. The normalized spacial score (nSPS) is 15.1. The fourth-order valence-electron chi connectivity index (χ4n) is 2.04. The largest absolute Gasteiger partial charge is 0.335 e. The smallest absolute Gasteiger partial charge is 0.278 e. The Morgan fingerprint density at radius 2 is 1.75 bits per heavy atom. The van der Waals surface area contributed by atoms with E-state index in [0.717, 1.165) is 0 Å². The average molecular weight is 295 g/mol. The summed E-state index contributed by atoms with van der Waals surface area (Å²) in [5.74, 6) is -0.264. The first-order chi connectivity index (χ1) is 9.49. The number of non-ortho nitro benzene ring substituents is 1. The standard InChI is InChI=1S/C12H13N3O4S/c16-11(9-2-1-3-10(8-9)15(18)19)13-4-6-14(7-5-13)12(17)20/h1-3,8H,4-7H2,(H,17,20). The lowest BCUT2D eigenvalue weighted by Crippen LogP contribution is -2.49. The molecule has 20 heavy (non-hydrogen) atoms. The van der Waals surface area contributed by atoms with E-state index in [9.17, 15) is 19.7 Å². The second-order valence-electron chi connectivity index (χ2n) is 4.37. The van der Waals surface area contributed by atoms with Crippen molar-refractivity contribution in [3.8, 4) is 0 Å². The zero-order valence-corrected chi connectivity index (χ0v) is 11.5. The predicted octanol–water partition coefficient (Wildman–Crippen LogP) is 1.40. The molecule has 1 aromatic rings. The molecule has 0 unspecified atom stereocenters. The molecule has 0 radical (unpaired) electrons. The van der Waals surface area contributed by atoms with Gasteiger partial charge in [0.15, 0.2) is 0 Å². The highest BCUT2D eigenvalue weighted by Crippen LogP contribution is 2.16. The summed E-state index contributed by atoms with van der Waals surface area (Å²) in [5, 5.41) is 10.4. The van der Waals surface area contributed by atoms with Crippen molar-refractivity contribution >= 4 is 29.5 Å². The van der Waals surface area contributed by atoms with Crippen LogP contribution in [0.2, 0.25) is 0 Å². The van der Waals surface area contributed by atoms with Gasteiger partial charge in [0.1, 0.15) is 0 Å². The van der Waals surface area contributed by atoms with Crippen molar-refractivity contribution in [2.45, 2.75) is 0 Å². The van der Waals surface area contributed by atoms with Crippen LogP contribution in [-0.4, -0.2) is 52.0 Å². The molecule has 2 amide bonds. The van der Waals surface area contributed by atoms with E-state index < -0.39 is 4.92 Å². The Hall–Kier alpha value is -2.09. The number of nitrogens with zero attached hydrogens (tertiary/aromatic N) is 3. The molecule has 0 spiro atoms. The van der Waals surface area contributed by atoms with Crippen LogP contribution in [0.15, 0.2) is 24.3 Å². The highest BCUT2D eigenvalue weighted by atomic mass is 32.1. The maximum absolute atomic E-state index is 12.2. The topological polar surface area (TPSA) is 83.8 Å². The van der Waals surface area contributed by atoms with E-state index in [-0.39, 0.29) is 22.4 Å². The van der Waals surface area contributed by atoms with Gasteiger partial charge in [0.25, 0.3) is 16.8 Å². The molecule has 1 fully saturated rings. The third-order valence-electron chi connectivity index (χ3n) is 3.14. The molecule has 1 aromatic carbocycles. The van der Waals surface area contributed by atoms with Gasteiger partial charge in [-0.05, 0) is 6.07 Å². The first kappa shape index (κ1) is 14.3. The maximum atomic E-state index is 12.2. The fraction of sp³-hybridized carbons (Fsp3) is 0.333. The first-order valence-corrected chi connectivity index (χ1v) is 6.45. The Labute approximate surface area is 120 Å². The third-order valence-corrected chi connectivity index (χ3v) is 3.42. The lowest BCUT2D eigenvalue weighted by molar-refractivity contribution is -0.384. The quantitative estimate of drug-likeness (QED) is 0.508. The van der Waals surface area contributed by atoms with Crippen molar-refractivity contribution in [2.75, 3.05) is 26.2 Å². The first-order valence-electron chi connectivity index (χ1n) is 6.00. The summed E-state index contributed by atoms with van der Waals surface area (Å²) >= 11 is 3.74. The van der Waals surface area contributed by atoms with Gasteiger partial charge in [0, 0.05) is 43.9 Å². The number of hydrogen-bond donors (Lipinski definition) is 1. The monoisotopic (exact) mass is 295 g/mol. The third kappa shape index (κ3) is 3.08. The number of carbonyl (C=O) groups is 2. The van der Waals surface area contributed by atoms with E-state index >= 15 is 0 Å². The molecule has 0 bridgehead atoms. The van der Waals surface area contributed by atoms with Crippen LogP contribution in [0.3, 0.4) is 0 Å². The number of nitro benzene ring substituents is 1. The van der Waals surface area contributed by atoms with E-state index in [1.54, 1.807) is 15.9 Å². The zero-order valence-electron chi connectivity index (χ0n) is 10.6. The molecule has 2 rings (SSSR count). The Bertz CT molecular complexity index is 555. The minimum atomic E-state index is -0.533. The van der Waals surface area contributed by atoms with Crippen molar-refractivity contribution in [3.63, 3.8) is 0 Å². The molecular formula is C12H13N3O4S. The van der Waals surface area contributed by atoms with Crippen molar-refractivity contribution < 1.29 is 14.5 Å². The molecule has 7 nitrogen and oxygen atoms in total. The predicted molar refractivity (Wildman–Crippen MR) is 75.0 cm³/mol. The summed E-state index contributed by atoms with van der Waals surface area (Å²) in [6, 6.07) is 5.64. The minimum absolute atomic E-state index is 0.111. The van der Waals surface area contributed by atoms with Gasteiger partial charge in [-0.15, -0.1) is 0 Å². The van der Waals surface area contributed by atoms with Gasteiger partial charge < -0.3 is 9.80 Å². The van der Waals surface area contributed by atoms with E-state index in [1.165, 1.54) is 18.2 Å². The molecule has 0 saturated carbocycles. The Morgan fingerprint density at radius 3 is 2.30 bits per heavy atom. The van der Waals surface area contributed by atoms with E-state index in [0.29, 0.717) is 26.2 Å². The second-order valence-corrected chi connectivity index (χ2v) is 4.75. The molecule has 0 aliphatic carbocycles. The summed E-state index contributed by atoms with van der Waals surface area (Å²) in [4.78, 5) is 36.6. The highest BCUT2D eigenvalue weighted by molar-refractivity contribution is 7.96. The van der Waals surface area contributed by atoms with Crippen LogP contribution in [0.25, 0.3) is 0 Å². The van der Waals surface area contributed by atoms with Crippen LogP contribution in [0, 0.1) is 10.1 Å². The van der Waals surface area contributed by atoms with Gasteiger partial charge >= 0.3 is 0 Å². The zero-order chi connectivity index (χ0) is 14.7. The second kappa shape index (κ2) is 5.91. The van der Waals surface area contributed by atoms with Gasteiger partial charge in [-0.2, -0.15) is 0 Å². The van der Waals surface area contributed by atoms with Crippen LogP contribution in [-0.2, 0) is 0 Å². The molecule has 106 valence electrons. The Kier molecular flexibility index (Phi) is 4.23. The highest BCUT2D eigenvalue weighted by Gasteiger charge is 2.24. The summed E-state index contributed by atoms with van der Waals surface area (Å²) < 4.78 is 0. The summed E-state index contributed by atoms with van der Waals surface area (Å²) in [6.45, 7) is 1.63. The number of rotatable bonds is 2. The van der Waals surface area contributed by atoms with E-state index in [2.05, 4.69) is 12.6 Å². The van der Waals surface area contributed by atoms with Gasteiger partial charge in [-0.1, -0.05) is 18.7 Å². The molecule has 8 heteroatoms. The van der Waals surface area contributed by atoms with Crippen LogP contribution in [0.4, 0.5) is 10.5 Å².